The second kappa shape index (κ2) is 6.78. The van der Waals surface area contributed by atoms with Gasteiger partial charge < -0.3 is 15.8 Å². The topological polar surface area (TPSA) is 88.1 Å². The summed E-state index contributed by atoms with van der Waals surface area (Å²) < 4.78 is 5.09. The Morgan fingerprint density at radius 2 is 1.62 bits per heavy atom. The molecule has 2 aromatic carbocycles. The summed E-state index contributed by atoms with van der Waals surface area (Å²) in [6.45, 7) is 0. The van der Waals surface area contributed by atoms with Gasteiger partial charge in [0.2, 0.25) is 0 Å². The van der Waals surface area contributed by atoms with Gasteiger partial charge in [-0.05, 0) is 24.3 Å². The highest BCUT2D eigenvalue weighted by Crippen LogP contribution is 2.13. The SMILES string of the molecule is N#C/C(C(=O)Oc1ccccc1)=C(\N)Nc1ccccc1. The number of para-hydroxylation sites is 2. The first-order valence-corrected chi connectivity index (χ1v) is 6.20. The second-order valence-electron chi connectivity index (χ2n) is 4.09. The molecule has 5 heteroatoms. The number of anilines is 1. The molecule has 2 rings (SSSR count). The van der Waals surface area contributed by atoms with E-state index < -0.39 is 5.97 Å². The van der Waals surface area contributed by atoms with E-state index in [0.717, 1.165) is 0 Å². The molecule has 0 amide bonds. The lowest BCUT2D eigenvalue weighted by atomic mass is 10.2. The number of nitrogens with two attached hydrogens (primary N) is 1. The molecule has 2 aromatic rings. The number of nitriles is 1. The van der Waals surface area contributed by atoms with Gasteiger partial charge in [0.05, 0.1) is 0 Å². The molecule has 0 saturated heterocycles. The van der Waals surface area contributed by atoms with E-state index in [2.05, 4.69) is 5.32 Å². The van der Waals surface area contributed by atoms with Gasteiger partial charge in [-0.15, -0.1) is 0 Å². The highest BCUT2D eigenvalue weighted by Gasteiger charge is 2.16. The van der Waals surface area contributed by atoms with Gasteiger partial charge in [0.25, 0.3) is 0 Å². The van der Waals surface area contributed by atoms with Crippen LogP contribution in [0.2, 0.25) is 0 Å². The van der Waals surface area contributed by atoms with Crippen molar-refractivity contribution in [2.75, 3.05) is 5.32 Å². The molecule has 0 atom stereocenters. The van der Waals surface area contributed by atoms with Crippen molar-refractivity contribution in [2.24, 2.45) is 5.73 Å². The number of nitrogens with zero attached hydrogens (tertiary/aromatic N) is 1. The molecular weight excluding hydrogens is 266 g/mol. The van der Waals surface area contributed by atoms with Gasteiger partial charge in [0, 0.05) is 5.69 Å². The predicted molar refractivity (Wildman–Crippen MR) is 79.0 cm³/mol. The lowest BCUT2D eigenvalue weighted by Crippen LogP contribution is -2.20. The van der Waals surface area contributed by atoms with E-state index >= 15 is 0 Å². The number of ether oxygens (including phenoxy) is 1. The highest BCUT2D eigenvalue weighted by atomic mass is 16.5. The average molecular weight is 279 g/mol. The molecule has 0 spiro atoms. The molecule has 0 unspecified atom stereocenters. The van der Waals surface area contributed by atoms with Gasteiger partial charge in [-0.25, -0.2) is 4.79 Å². The fourth-order valence-corrected chi connectivity index (χ4v) is 1.60. The smallest absolute Gasteiger partial charge is 0.358 e. The van der Waals surface area contributed by atoms with Gasteiger partial charge in [-0.2, -0.15) is 5.26 Å². The zero-order valence-corrected chi connectivity index (χ0v) is 11.1. The van der Waals surface area contributed by atoms with Crippen LogP contribution in [0.4, 0.5) is 5.69 Å². The molecule has 0 heterocycles. The van der Waals surface area contributed by atoms with Gasteiger partial charge in [-0.1, -0.05) is 36.4 Å². The zero-order valence-electron chi connectivity index (χ0n) is 11.1. The highest BCUT2D eigenvalue weighted by molar-refractivity contribution is 5.95. The maximum Gasteiger partial charge on any atom is 0.358 e. The minimum atomic E-state index is -0.801. The van der Waals surface area contributed by atoms with Crippen LogP contribution in [0.15, 0.2) is 72.1 Å². The normalized spacial score (nSPS) is 11.0. The zero-order chi connectivity index (χ0) is 15.1. The van der Waals surface area contributed by atoms with E-state index in [0.29, 0.717) is 11.4 Å². The standard InChI is InChI=1S/C16H13N3O2/c17-11-14(15(18)19-12-7-3-1-4-8-12)16(20)21-13-9-5-2-6-10-13/h1-10,19H,18H2/b15-14-. The number of rotatable bonds is 4. The van der Waals surface area contributed by atoms with E-state index in [9.17, 15) is 4.79 Å². The number of hydrogen-bond donors (Lipinski definition) is 2. The number of hydrogen-bond acceptors (Lipinski definition) is 5. The molecule has 0 radical (unpaired) electrons. The molecule has 0 aliphatic rings. The Morgan fingerprint density at radius 3 is 2.19 bits per heavy atom. The first-order chi connectivity index (χ1) is 10.2. The van der Waals surface area contributed by atoms with Gasteiger partial charge in [-0.3, -0.25) is 0 Å². The monoisotopic (exact) mass is 279 g/mol. The lowest BCUT2D eigenvalue weighted by molar-refractivity contribution is -0.129. The van der Waals surface area contributed by atoms with E-state index in [1.807, 2.05) is 18.2 Å². The Balaban J connectivity index is 2.16. The fourth-order valence-electron chi connectivity index (χ4n) is 1.60. The Morgan fingerprint density at radius 1 is 1.05 bits per heavy atom. The van der Waals surface area contributed by atoms with Crippen molar-refractivity contribution in [3.8, 4) is 11.8 Å². The Kier molecular flexibility index (Phi) is 4.57. The van der Waals surface area contributed by atoms with Crippen LogP contribution < -0.4 is 15.8 Å². The Bertz CT molecular complexity index is 688. The number of benzene rings is 2. The summed E-state index contributed by atoms with van der Waals surface area (Å²) in [6, 6.07) is 19.2. The van der Waals surface area contributed by atoms with E-state index in [1.165, 1.54) is 0 Å². The van der Waals surface area contributed by atoms with Crippen molar-refractivity contribution in [1.82, 2.24) is 0 Å². The molecule has 104 valence electrons. The number of esters is 1. The molecule has 3 N–H and O–H groups in total. The first-order valence-electron chi connectivity index (χ1n) is 6.20. The van der Waals surface area contributed by atoms with Crippen LogP contribution in [0.25, 0.3) is 0 Å². The average Bonchev–Trinajstić information content (AvgIpc) is 2.50. The van der Waals surface area contributed by atoms with Crippen molar-refractivity contribution in [1.29, 1.82) is 5.26 Å². The predicted octanol–water partition coefficient (Wildman–Crippen LogP) is 2.40. The third-order valence-corrected chi connectivity index (χ3v) is 2.59. The molecule has 0 aliphatic carbocycles. The summed E-state index contributed by atoms with van der Waals surface area (Å²) in [5.41, 5.74) is 6.16. The van der Waals surface area contributed by atoms with Crippen LogP contribution in [0.1, 0.15) is 0 Å². The van der Waals surface area contributed by atoms with E-state index in [4.69, 9.17) is 15.7 Å². The third-order valence-electron chi connectivity index (χ3n) is 2.59. The molecule has 0 saturated carbocycles. The molecule has 0 fully saturated rings. The van der Waals surface area contributed by atoms with Crippen molar-refractivity contribution in [2.45, 2.75) is 0 Å². The van der Waals surface area contributed by atoms with Crippen LogP contribution in [0.3, 0.4) is 0 Å². The van der Waals surface area contributed by atoms with Crippen molar-refractivity contribution in [3.05, 3.63) is 72.1 Å². The van der Waals surface area contributed by atoms with Crippen molar-refractivity contribution < 1.29 is 9.53 Å². The van der Waals surface area contributed by atoms with E-state index in [-0.39, 0.29) is 11.4 Å². The van der Waals surface area contributed by atoms with Gasteiger partial charge in [0.15, 0.2) is 5.57 Å². The molecule has 21 heavy (non-hydrogen) atoms. The van der Waals surface area contributed by atoms with Gasteiger partial charge >= 0.3 is 5.97 Å². The van der Waals surface area contributed by atoms with Gasteiger partial charge in [0.1, 0.15) is 17.6 Å². The fraction of sp³-hybridized carbons (Fsp3) is 0. The summed E-state index contributed by atoms with van der Waals surface area (Å²) in [5.74, 6) is -0.503. The summed E-state index contributed by atoms with van der Waals surface area (Å²) in [6.07, 6.45) is 0. The maximum atomic E-state index is 12.0. The molecule has 0 bridgehead atoms. The summed E-state index contributed by atoms with van der Waals surface area (Å²) in [4.78, 5) is 12.0. The first kappa shape index (κ1) is 14.2. The molecule has 0 aromatic heterocycles. The largest absolute Gasteiger partial charge is 0.422 e. The minimum absolute atomic E-state index is 0.0513. The molecule has 5 nitrogen and oxygen atoms in total. The van der Waals surface area contributed by atoms with Crippen LogP contribution in [-0.4, -0.2) is 5.97 Å². The quantitative estimate of drug-likeness (QED) is 0.388. The van der Waals surface area contributed by atoms with Crippen LogP contribution in [0, 0.1) is 11.3 Å². The van der Waals surface area contributed by atoms with Crippen LogP contribution in [-0.2, 0) is 4.79 Å². The molecule has 0 aliphatic heterocycles. The molecular formula is C16H13N3O2. The lowest BCUT2D eigenvalue weighted by Gasteiger charge is -2.08. The minimum Gasteiger partial charge on any atom is -0.422 e. The Labute approximate surface area is 122 Å². The summed E-state index contributed by atoms with van der Waals surface area (Å²) in [5, 5.41) is 11.9. The number of carbonyl (C=O) groups is 1. The van der Waals surface area contributed by atoms with Crippen molar-refractivity contribution >= 4 is 11.7 Å². The summed E-state index contributed by atoms with van der Waals surface area (Å²) >= 11 is 0. The van der Waals surface area contributed by atoms with Crippen molar-refractivity contribution in [3.63, 3.8) is 0 Å². The maximum absolute atomic E-state index is 12.0. The third kappa shape index (κ3) is 3.85. The number of nitrogens with one attached hydrogen (secondary N) is 1. The number of carbonyl (C=O) groups excluding carboxylic acids is 1. The van der Waals surface area contributed by atoms with E-state index in [1.54, 1.807) is 48.5 Å². The Hall–Kier alpha value is -3.26. The van der Waals surface area contributed by atoms with Crippen LogP contribution >= 0.6 is 0 Å². The summed E-state index contributed by atoms with van der Waals surface area (Å²) in [7, 11) is 0. The second-order valence-corrected chi connectivity index (χ2v) is 4.09. The van der Waals surface area contributed by atoms with Crippen LogP contribution in [0.5, 0.6) is 5.75 Å².